The molecule has 1 aromatic carbocycles. The van der Waals surface area contributed by atoms with E-state index in [2.05, 4.69) is 28.1 Å². The zero-order valence-electron chi connectivity index (χ0n) is 10.2. The lowest BCUT2D eigenvalue weighted by Gasteiger charge is -2.17. The SMILES string of the molecule is Cl.c1cc2c3c(c1)c1c(n3CCS2)CCNCC1. The van der Waals surface area contributed by atoms with Gasteiger partial charge in [-0.25, -0.2) is 0 Å². The minimum Gasteiger partial charge on any atom is -0.343 e. The molecule has 2 aromatic rings. The summed E-state index contributed by atoms with van der Waals surface area (Å²) in [5.41, 5.74) is 4.71. The lowest BCUT2D eigenvalue weighted by Crippen LogP contribution is -2.17. The molecule has 0 saturated heterocycles. The summed E-state index contributed by atoms with van der Waals surface area (Å²) in [4.78, 5) is 1.48. The van der Waals surface area contributed by atoms with Gasteiger partial charge in [0.2, 0.25) is 0 Å². The Bertz CT molecular complexity index is 591. The van der Waals surface area contributed by atoms with Crippen LogP contribution in [0.2, 0.25) is 0 Å². The summed E-state index contributed by atoms with van der Waals surface area (Å²) in [6.07, 6.45) is 2.38. The number of rotatable bonds is 0. The average Bonchev–Trinajstić information content (AvgIpc) is 2.55. The number of aromatic nitrogens is 1. The molecule has 0 fully saturated rings. The molecule has 18 heavy (non-hydrogen) atoms. The third-order valence-corrected chi connectivity index (χ3v) is 4.96. The molecule has 4 rings (SSSR count). The maximum atomic E-state index is 3.51. The molecular formula is C14H17ClN2S. The van der Waals surface area contributed by atoms with E-state index in [9.17, 15) is 0 Å². The van der Waals surface area contributed by atoms with Crippen molar-refractivity contribution in [1.29, 1.82) is 0 Å². The van der Waals surface area contributed by atoms with Crippen LogP contribution in [-0.2, 0) is 19.4 Å². The van der Waals surface area contributed by atoms with E-state index in [1.165, 1.54) is 40.9 Å². The molecule has 0 bridgehead atoms. The summed E-state index contributed by atoms with van der Waals surface area (Å²) in [6.45, 7) is 3.45. The van der Waals surface area contributed by atoms with Gasteiger partial charge in [0, 0.05) is 41.2 Å². The molecule has 4 heteroatoms. The van der Waals surface area contributed by atoms with Gasteiger partial charge < -0.3 is 9.88 Å². The zero-order valence-corrected chi connectivity index (χ0v) is 11.9. The summed E-state index contributed by atoms with van der Waals surface area (Å²) >= 11 is 2.01. The molecule has 0 unspecified atom stereocenters. The Labute approximate surface area is 118 Å². The van der Waals surface area contributed by atoms with E-state index in [1.54, 1.807) is 11.3 Å². The standard InChI is InChI=1S/C14H16N2S.ClH/c1-2-11-10-4-6-15-7-5-12(10)16-8-9-17-13(3-1)14(11)16;/h1-3,15H,4-9H2;1H. The predicted molar refractivity (Wildman–Crippen MR) is 80.2 cm³/mol. The Kier molecular flexibility index (Phi) is 3.31. The van der Waals surface area contributed by atoms with E-state index < -0.39 is 0 Å². The minimum absolute atomic E-state index is 0. The fourth-order valence-electron chi connectivity index (χ4n) is 3.22. The summed E-state index contributed by atoms with van der Waals surface area (Å²) in [5.74, 6) is 1.22. The molecule has 0 spiro atoms. The summed E-state index contributed by atoms with van der Waals surface area (Å²) in [7, 11) is 0. The molecule has 2 aliphatic heterocycles. The van der Waals surface area contributed by atoms with Gasteiger partial charge in [-0.1, -0.05) is 12.1 Å². The second-order valence-corrected chi connectivity index (χ2v) is 5.96. The van der Waals surface area contributed by atoms with E-state index in [0.29, 0.717) is 0 Å². The molecule has 0 saturated carbocycles. The van der Waals surface area contributed by atoms with Gasteiger partial charge in [0.15, 0.2) is 0 Å². The molecular weight excluding hydrogens is 264 g/mol. The first-order valence-corrected chi connectivity index (χ1v) is 7.40. The Morgan fingerprint density at radius 3 is 3.00 bits per heavy atom. The van der Waals surface area contributed by atoms with Gasteiger partial charge in [-0.15, -0.1) is 24.2 Å². The highest BCUT2D eigenvalue weighted by Gasteiger charge is 2.22. The number of halogens is 1. The van der Waals surface area contributed by atoms with Gasteiger partial charge >= 0.3 is 0 Å². The van der Waals surface area contributed by atoms with E-state index in [1.807, 2.05) is 11.8 Å². The van der Waals surface area contributed by atoms with Gasteiger partial charge in [-0.2, -0.15) is 0 Å². The molecule has 0 amide bonds. The highest BCUT2D eigenvalue weighted by Crippen LogP contribution is 2.38. The van der Waals surface area contributed by atoms with E-state index in [0.717, 1.165) is 13.1 Å². The molecule has 2 nitrogen and oxygen atoms in total. The van der Waals surface area contributed by atoms with Crippen LogP contribution in [0, 0.1) is 0 Å². The Hall–Kier alpha value is -0.640. The Morgan fingerprint density at radius 1 is 1.17 bits per heavy atom. The lowest BCUT2D eigenvalue weighted by atomic mass is 10.1. The average molecular weight is 281 g/mol. The highest BCUT2D eigenvalue weighted by atomic mass is 35.5. The fraction of sp³-hybridized carbons (Fsp3) is 0.429. The molecule has 96 valence electrons. The quantitative estimate of drug-likeness (QED) is 0.799. The third kappa shape index (κ3) is 1.68. The number of thioether (sulfide) groups is 1. The number of nitrogens with zero attached hydrogens (tertiary/aromatic N) is 1. The second-order valence-electron chi connectivity index (χ2n) is 4.83. The molecule has 0 aliphatic carbocycles. The fourth-order valence-corrected chi connectivity index (χ4v) is 4.24. The van der Waals surface area contributed by atoms with Crippen molar-refractivity contribution in [2.45, 2.75) is 24.3 Å². The molecule has 1 aromatic heterocycles. The van der Waals surface area contributed by atoms with Crippen molar-refractivity contribution in [2.24, 2.45) is 0 Å². The second kappa shape index (κ2) is 4.80. The van der Waals surface area contributed by atoms with Crippen LogP contribution in [0.25, 0.3) is 10.9 Å². The number of hydrogen-bond acceptors (Lipinski definition) is 2. The van der Waals surface area contributed by atoms with Crippen molar-refractivity contribution >= 4 is 35.1 Å². The van der Waals surface area contributed by atoms with Crippen molar-refractivity contribution in [2.75, 3.05) is 18.8 Å². The van der Waals surface area contributed by atoms with Crippen molar-refractivity contribution in [3.63, 3.8) is 0 Å². The van der Waals surface area contributed by atoms with Crippen molar-refractivity contribution < 1.29 is 0 Å². The van der Waals surface area contributed by atoms with E-state index in [4.69, 9.17) is 0 Å². The number of nitrogens with one attached hydrogen (secondary N) is 1. The first-order valence-electron chi connectivity index (χ1n) is 6.41. The number of hydrogen-bond donors (Lipinski definition) is 1. The van der Waals surface area contributed by atoms with Crippen LogP contribution in [-0.4, -0.2) is 23.4 Å². The topological polar surface area (TPSA) is 17.0 Å². The monoisotopic (exact) mass is 280 g/mol. The van der Waals surface area contributed by atoms with Crippen LogP contribution < -0.4 is 5.32 Å². The smallest absolute Gasteiger partial charge is 0.0623 e. The van der Waals surface area contributed by atoms with Gasteiger partial charge in [0.05, 0.1) is 5.52 Å². The van der Waals surface area contributed by atoms with Gasteiger partial charge in [-0.3, -0.25) is 0 Å². The molecule has 3 heterocycles. The van der Waals surface area contributed by atoms with Gasteiger partial charge in [0.1, 0.15) is 0 Å². The maximum absolute atomic E-state index is 3.51. The van der Waals surface area contributed by atoms with Crippen LogP contribution in [0.1, 0.15) is 11.3 Å². The molecule has 2 aliphatic rings. The number of aryl methyl sites for hydroxylation is 1. The van der Waals surface area contributed by atoms with E-state index in [-0.39, 0.29) is 12.4 Å². The highest BCUT2D eigenvalue weighted by molar-refractivity contribution is 7.99. The first-order chi connectivity index (χ1) is 8.45. The Balaban J connectivity index is 0.000001000. The number of fused-ring (bicyclic) bond motifs is 3. The third-order valence-electron chi connectivity index (χ3n) is 3.93. The van der Waals surface area contributed by atoms with Crippen LogP contribution in [0.3, 0.4) is 0 Å². The van der Waals surface area contributed by atoms with Crippen molar-refractivity contribution in [1.82, 2.24) is 9.88 Å². The van der Waals surface area contributed by atoms with Gasteiger partial charge in [-0.05, 0) is 24.6 Å². The summed E-state index contributed by atoms with van der Waals surface area (Å²) in [5, 5.41) is 5.02. The van der Waals surface area contributed by atoms with Crippen molar-refractivity contribution in [3.8, 4) is 0 Å². The summed E-state index contributed by atoms with van der Waals surface area (Å²) < 4.78 is 2.59. The predicted octanol–water partition coefficient (Wildman–Crippen LogP) is 2.86. The normalized spacial score (nSPS) is 18.0. The van der Waals surface area contributed by atoms with Gasteiger partial charge in [0.25, 0.3) is 0 Å². The number of para-hydroxylation sites is 1. The first kappa shape index (κ1) is 12.4. The zero-order chi connectivity index (χ0) is 11.2. The van der Waals surface area contributed by atoms with Crippen LogP contribution >= 0.6 is 24.2 Å². The largest absolute Gasteiger partial charge is 0.343 e. The summed E-state index contributed by atoms with van der Waals surface area (Å²) in [6, 6.07) is 6.81. The molecule has 1 N–H and O–H groups in total. The maximum Gasteiger partial charge on any atom is 0.0623 e. The number of benzene rings is 1. The van der Waals surface area contributed by atoms with Crippen LogP contribution in [0.5, 0.6) is 0 Å². The molecule has 0 radical (unpaired) electrons. The van der Waals surface area contributed by atoms with Crippen LogP contribution in [0.15, 0.2) is 23.1 Å². The minimum atomic E-state index is 0. The Morgan fingerprint density at radius 2 is 2.06 bits per heavy atom. The van der Waals surface area contributed by atoms with Crippen molar-refractivity contribution in [3.05, 3.63) is 29.5 Å². The van der Waals surface area contributed by atoms with Crippen LogP contribution in [0.4, 0.5) is 0 Å². The van der Waals surface area contributed by atoms with E-state index >= 15 is 0 Å². The molecule has 0 atom stereocenters. The lowest BCUT2D eigenvalue weighted by molar-refractivity contribution is 0.682.